The lowest BCUT2D eigenvalue weighted by Gasteiger charge is -2.01. The van der Waals surface area contributed by atoms with Crippen molar-refractivity contribution in [3.63, 3.8) is 0 Å². The Morgan fingerprint density at radius 3 is 2.81 bits per heavy atom. The SMILES string of the molecule is Clc1ccc(C2=N[C@H]3C=NN=C3S2)cc1Cl. The van der Waals surface area contributed by atoms with E-state index < -0.39 is 0 Å². The number of aliphatic imine (C=N–C) groups is 1. The van der Waals surface area contributed by atoms with Crippen molar-refractivity contribution in [1.29, 1.82) is 0 Å². The summed E-state index contributed by atoms with van der Waals surface area (Å²) in [4.78, 5) is 4.49. The van der Waals surface area contributed by atoms with Crippen molar-refractivity contribution >= 4 is 51.3 Å². The topological polar surface area (TPSA) is 37.1 Å². The molecule has 16 heavy (non-hydrogen) atoms. The first-order chi connectivity index (χ1) is 7.74. The van der Waals surface area contributed by atoms with Gasteiger partial charge in [0.15, 0.2) is 0 Å². The van der Waals surface area contributed by atoms with Gasteiger partial charge in [-0.25, -0.2) is 0 Å². The third kappa shape index (κ3) is 1.67. The molecule has 0 N–H and O–H groups in total. The summed E-state index contributed by atoms with van der Waals surface area (Å²) < 4.78 is 0. The largest absolute Gasteiger partial charge is 0.261 e. The van der Waals surface area contributed by atoms with Gasteiger partial charge in [-0.05, 0) is 23.9 Å². The number of hydrogen-bond donors (Lipinski definition) is 0. The monoisotopic (exact) mass is 269 g/mol. The minimum absolute atomic E-state index is 0.00514. The number of nitrogens with zero attached hydrogens (tertiary/aromatic N) is 3. The maximum Gasteiger partial charge on any atom is 0.138 e. The second-order valence-electron chi connectivity index (χ2n) is 3.31. The van der Waals surface area contributed by atoms with Crippen LogP contribution in [-0.4, -0.2) is 22.3 Å². The predicted molar refractivity (Wildman–Crippen MR) is 70.3 cm³/mol. The van der Waals surface area contributed by atoms with E-state index in [1.54, 1.807) is 12.3 Å². The third-order valence-electron chi connectivity index (χ3n) is 2.24. The molecule has 0 aromatic heterocycles. The molecule has 2 aliphatic rings. The number of hydrogen-bond acceptors (Lipinski definition) is 4. The van der Waals surface area contributed by atoms with Crippen LogP contribution in [0.3, 0.4) is 0 Å². The average Bonchev–Trinajstić information content (AvgIpc) is 2.81. The number of thioether (sulfide) groups is 1. The van der Waals surface area contributed by atoms with Gasteiger partial charge in [-0.1, -0.05) is 29.3 Å². The molecule has 3 rings (SSSR count). The molecule has 0 radical (unpaired) electrons. The molecule has 0 aliphatic carbocycles. The van der Waals surface area contributed by atoms with Crippen LogP contribution < -0.4 is 0 Å². The van der Waals surface area contributed by atoms with Crippen LogP contribution >= 0.6 is 35.0 Å². The van der Waals surface area contributed by atoms with Crippen molar-refractivity contribution in [1.82, 2.24) is 0 Å². The Bertz CT molecular complexity index is 551. The van der Waals surface area contributed by atoms with Gasteiger partial charge >= 0.3 is 0 Å². The van der Waals surface area contributed by atoms with Crippen molar-refractivity contribution in [2.75, 3.05) is 0 Å². The highest BCUT2D eigenvalue weighted by Gasteiger charge is 2.28. The van der Waals surface area contributed by atoms with E-state index >= 15 is 0 Å². The first kappa shape index (κ1) is 10.3. The van der Waals surface area contributed by atoms with E-state index in [1.807, 2.05) is 12.1 Å². The minimum atomic E-state index is -0.00514. The molecule has 0 amide bonds. The summed E-state index contributed by atoms with van der Waals surface area (Å²) in [7, 11) is 0. The van der Waals surface area contributed by atoms with Crippen LogP contribution in [0, 0.1) is 0 Å². The molecule has 6 heteroatoms. The van der Waals surface area contributed by atoms with Gasteiger partial charge in [-0.15, -0.1) is 5.10 Å². The van der Waals surface area contributed by atoms with E-state index in [-0.39, 0.29) is 6.04 Å². The summed E-state index contributed by atoms with van der Waals surface area (Å²) in [6, 6.07) is 5.48. The van der Waals surface area contributed by atoms with Crippen LogP contribution in [-0.2, 0) is 0 Å². The van der Waals surface area contributed by atoms with Crippen LogP contribution in [0.15, 0.2) is 33.4 Å². The molecule has 0 fully saturated rings. The summed E-state index contributed by atoms with van der Waals surface area (Å²) in [6.45, 7) is 0. The molecule has 0 saturated heterocycles. The lowest BCUT2D eigenvalue weighted by Crippen LogP contribution is -2.06. The highest BCUT2D eigenvalue weighted by molar-refractivity contribution is 8.27. The second kappa shape index (κ2) is 3.87. The Hall–Kier alpha value is -0.840. The molecule has 0 spiro atoms. The van der Waals surface area contributed by atoms with Crippen LogP contribution in [0.1, 0.15) is 5.56 Å². The van der Waals surface area contributed by atoms with E-state index in [2.05, 4.69) is 15.2 Å². The Morgan fingerprint density at radius 2 is 2.06 bits per heavy atom. The molecule has 1 aromatic rings. The molecule has 1 aromatic carbocycles. The van der Waals surface area contributed by atoms with Gasteiger partial charge in [-0.3, -0.25) is 4.99 Å². The Kier molecular flexibility index (Phi) is 2.50. The van der Waals surface area contributed by atoms with Crippen LogP contribution in [0.2, 0.25) is 10.0 Å². The highest BCUT2D eigenvalue weighted by Crippen LogP contribution is 2.30. The third-order valence-corrected chi connectivity index (χ3v) is 4.05. The fourth-order valence-electron chi connectivity index (χ4n) is 1.46. The lowest BCUT2D eigenvalue weighted by molar-refractivity contribution is 1.22. The van der Waals surface area contributed by atoms with Crippen molar-refractivity contribution < 1.29 is 0 Å². The van der Waals surface area contributed by atoms with E-state index in [0.717, 1.165) is 15.7 Å². The van der Waals surface area contributed by atoms with Gasteiger partial charge in [0.1, 0.15) is 16.1 Å². The predicted octanol–water partition coefficient (Wildman–Crippen LogP) is 3.25. The molecular formula is C10H5Cl2N3S. The fourth-order valence-corrected chi connectivity index (χ4v) is 2.69. The van der Waals surface area contributed by atoms with Gasteiger partial charge in [-0.2, -0.15) is 5.10 Å². The Balaban J connectivity index is 1.97. The zero-order valence-corrected chi connectivity index (χ0v) is 10.2. The van der Waals surface area contributed by atoms with E-state index in [0.29, 0.717) is 10.0 Å². The molecule has 0 unspecified atom stereocenters. The highest BCUT2D eigenvalue weighted by atomic mass is 35.5. The average molecular weight is 270 g/mol. The summed E-state index contributed by atoms with van der Waals surface area (Å²) in [5, 5.41) is 10.7. The maximum atomic E-state index is 5.96. The summed E-state index contributed by atoms with van der Waals surface area (Å²) in [5.41, 5.74) is 0.963. The van der Waals surface area contributed by atoms with Gasteiger partial charge < -0.3 is 0 Å². The molecule has 0 saturated carbocycles. The van der Waals surface area contributed by atoms with Crippen molar-refractivity contribution in [2.24, 2.45) is 15.2 Å². The summed E-state index contributed by atoms with van der Waals surface area (Å²) >= 11 is 13.3. The van der Waals surface area contributed by atoms with Crippen molar-refractivity contribution in [3.05, 3.63) is 33.8 Å². The van der Waals surface area contributed by atoms with Gasteiger partial charge in [0.05, 0.1) is 16.3 Å². The Morgan fingerprint density at radius 1 is 1.19 bits per heavy atom. The summed E-state index contributed by atoms with van der Waals surface area (Å²) in [6.07, 6.45) is 1.73. The number of rotatable bonds is 1. The zero-order chi connectivity index (χ0) is 11.1. The Labute approximate surface area is 106 Å². The van der Waals surface area contributed by atoms with E-state index in [4.69, 9.17) is 23.2 Å². The molecule has 2 aliphatic heterocycles. The fraction of sp³-hybridized carbons (Fsp3) is 0.100. The van der Waals surface area contributed by atoms with Gasteiger partial charge in [0.2, 0.25) is 0 Å². The molecule has 1 atom stereocenters. The smallest absolute Gasteiger partial charge is 0.138 e. The molecule has 80 valence electrons. The first-order valence-electron chi connectivity index (χ1n) is 4.56. The van der Waals surface area contributed by atoms with Crippen molar-refractivity contribution in [3.8, 4) is 0 Å². The number of benzene rings is 1. The zero-order valence-electron chi connectivity index (χ0n) is 7.89. The first-order valence-corrected chi connectivity index (χ1v) is 6.13. The van der Waals surface area contributed by atoms with E-state index in [1.165, 1.54) is 11.8 Å². The van der Waals surface area contributed by atoms with Crippen LogP contribution in [0.25, 0.3) is 0 Å². The van der Waals surface area contributed by atoms with Gasteiger partial charge in [0.25, 0.3) is 0 Å². The second-order valence-corrected chi connectivity index (χ2v) is 5.14. The van der Waals surface area contributed by atoms with Gasteiger partial charge in [0, 0.05) is 5.56 Å². The van der Waals surface area contributed by atoms with Crippen LogP contribution in [0.4, 0.5) is 0 Å². The molecule has 0 bridgehead atoms. The quantitative estimate of drug-likeness (QED) is 0.771. The molecule has 2 heterocycles. The van der Waals surface area contributed by atoms with Crippen molar-refractivity contribution in [2.45, 2.75) is 6.04 Å². The normalized spacial score (nSPS) is 22.0. The lowest BCUT2D eigenvalue weighted by atomic mass is 10.2. The molecule has 3 nitrogen and oxygen atoms in total. The molecular weight excluding hydrogens is 265 g/mol. The summed E-state index contributed by atoms with van der Waals surface area (Å²) in [5.74, 6) is 0. The van der Waals surface area contributed by atoms with E-state index in [9.17, 15) is 0 Å². The van der Waals surface area contributed by atoms with Crippen LogP contribution in [0.5, 0.6) is 0 Å². The number of fused-ring (bicyclic) bond motifs is 1. The minimum Gasteiger partial charge on any atom is -0.261 e. The standard InChI is InChI=1S/C10H5Cl2N3S/c11-6-2-1-5(3-7(6)12)9-14-8-4-13-15-10(8)16-9/h1-4,8H/t8-/m0/s1. The maximum absolute atomic E-state index is 5.96. The number of halogens is 2.